The van der Waals surface area contributed by atoms with Crippen molar-refractivity contribution in [3.8, 4) is 0 Å². The Balaban J connectivity index is 0. The van der Waals surface area contributed by atoms with Crippen LogP contribution in [0, 0.1) is 5.92 Å². The highest BCUT2D eigenvalue weighted by Crippen LogP contribution is 2.02. The van der Waals surface area contributed by atoms with E-state index in [1.54, 1.807) is 0 Å². The van der Waals surface area contributed by atoms with Crippen LogP contribution in [-0.2, 0) is 4.79 Å². The van der Waals surface area contributed by atoms with Gasteiger partial charge in [-0.2, -0.15) is 0 Å². The van der Waals surface area contributed by atoms with Gasteiger partial charge in [-0.3, -0.25) is 0 Å². The van der Waals surface area contributed by atoms with Crippen LogP contribution in [0.25, 0.3) is 0 Å². The molecule has 0 fully saturated rings. The zero-order valence-electron chi connectivity index (χ0n) is 8.83. The molecule has 15 heavy (non-hydrogen) atoms. The highest BCUT2D eigenvalue weighted by Gasteiger charge is 2.03. The molecule has 0 aliphatic rings. The summed E-state index contributed by atoms with van der Waals surface area (Å²) in [4.78, 5) is 9.45. The quantitative estimate of drug-likeness (QED) is 0.387. The second-order valence-electron chi connectivity index (χ2n) is 3.11. The summed E-state index contributed by atoms with van der Waals surface area (Å²) in [6.07, 6.45) is 0.125. The Hall–Kier alpha value is -0.690. The van der Waals surface area contributed by atoms with Crippen molar-refractivity contribution in [2.75, 3.05) is 19.8 Å². The Kier molecular flexibility index (Phi) is 12.7. The number of carboxylic acids is 1. The summed E-state index contributed by atoms with van der Waals surface area (Å²) in [6.45, 7) is 1.35. The van der Waals surface area contributed by atoms with E-state index < -0.39 is 12.1 Å². The first kappa shape index (κ1) is 16.7. The lowest BCUT2D eigenvalue weighted by molar-refractivity contribution is -0.145. The SMILES string of the molecule is CC(O)C(=O)O.OCCCC(CO)CO. The lowest BCUT2D eigenvalue weighted by Crippen LogP contribution is -2.13. The van der Waals surface area contributed by atoms with Gasteiger partial charge in [0.2, 0.25) is 0 Å². The number of carbonyl (C=O) groups is 1. The van der Waals surface area contributed by atoms with E-state index in [4.69, 9.17) is 25.5 Å². The molecular formula is C9H20O6. The molecule has 0 saturated carbocycles. The van der Waals surface area contributed by atoms with E-state index in [2.05, 4.69) is 0 Å². The molecule has 0 aliphatic heterocycles. The van der Waals surface area contributed by atoms with E-state index in [1.165, 1.54) is 6.92 Å². The van der Waals surface area contributed by atoms with Gasteiger partial charge in [-0.15, -0.1) is 0 Å². The third-order valence-corrected chi connectivity index (χ3v) is 1.64. The summed E-state index contributed by atoms with van der Waals surface area (Å²) < 4.78 is 0. The van der Waals surface area contributed by atoms with Gasteiger partial charge >= 0.3 is 5.97 Å². The number of aliphatic hydroxyl groups is 4. The minimum absolute atomic E-state index is 0.0104. The molecule has 6 heteroatoms. The maximum absolute atomic E-state index is 9.45. The topological polar surface area (TPSA) is 118 Å². The van der Waals surface area contributed by atoms with E-state index in [9.17, 15) is 4.79 Å². The lowest BCUT2D eigenvalue weighted by atomic mass is 10.1. The molecule has 0 aromatic carbocycles. The summed E-state index contributed by atoms with van der Waals surface area (Å²) in [5.41, 5.74) is 0. The number of aliphatic hydroxyl groups excluding tert-OH is 4. The standard InChI is InChI=1S/C6H14O3.C3H6O3/c7-3-1-2-6(4-8)5-9;1-2(4)3(5)6/h6-9H,1-5H2;2,4H,1H3,(H,5,6). The van der Waals surface area contributed by atoms with Gasteiger partial charge in [0.25, 0.3) is 0 Å². The van der Waals surface area contributed by atoms with E-state index in [-0.39, 0.29) is 25.7 Å². The Morgan fingerprint density at radius 3 is 1.80 bits per heavy atom. The summed E-state index contributed by atoms with van der Waals surface area (Å²) in [6, 6.07) is 0. The zero-order valence-corrected chi connectivity index (χ0v) is 8.83. The molecule has 0 heterocycles. The van der Waals surface area contributed by atoms with Crippen molar-refractivity contribution in [1.82, 2.24) is 0 Å². The normalized spacial score (nSPS) is 11.9. The highest BCUT2D eigenvalue weighted by molar-refractivity contribution is 5.71. The Morgan fingerprint density at radius 2 is 1.60 bits per heavy atom. The molecule has 0 amide bonds. The number of rotatable bonds is 6. The van der Waals surface area contributed by atoms with Gasteiger partial charge < -0.3 is 25.5 Å². The van der Waals surface area contributed by atoms with Crippen molar-refractivity contribution in [2.45, 2.75) is 25.9 Å². The van der Waals surface area contributed by atoms with E-state index in [0.717, 1.165) is 0 Å². The van der Waals surface area contributed by atoms with Gasteiger partial charge in [-0.1, -0.05) is 0 Å². The number of hydrogen-bond donors (Lipinski definition) is 5. The molecule has 1 unspecified atom stereocenters. The molecule has 0 aliphatic carbocycles. The minimum atomic E-state index is -1.23. The fourth-order valence-corrected chi connectivity index (χ4v) is 0.620. The van der Waals surface area contributed by atoms with Crippen molar-refractivity contribution < 1.29 is 30.3 Å². The van der Waals surface area contributed by atoms with Crippen LogP contribution in [0.1, 0.15) is 19.8 Å². The number of hydrogen-bond acceptors (Lipinski definition) is 5. The second kappa shape index (κ2) is 11.4. The maximum Gasteiger partial charge on any atom is 0.332 e. The fourth-order valence-electron chi connectivity index (χ4n) is 0.620. The molecule has 0 bridgehead atoms. The molecule has 0 aromatic heterocycles. The zero-order chi connectivity index (χ0) is 12.3. The van der Waals surface area contributed by atoms with Gasteiger partial charge in [0.1, 0.15) is 6.10 Å². The van der Waals surface area contributed by atoms with Crippen LogP contribution in [0.5, 0.6) is 0 Å². The summed E-state index contributed by atoms with van der Waals surface area (Å²) in [7, 11) is 0. The molecule has 1 atom stereocenters. The van der Waals surface area contributed by atoms with Crippen LogP contribution in [0.4, 0.5) is 0 Å². The Morgan fingerprint density at radius 1 is 1.20 bits per heavy atom. The van der Waals surface area contributed by atoms with Gasteiger partial charge in [0.15, 0.2) is 0 Å². The third-order valence-electron chi connectivity index (χ3n) is 1.64. The van der Waals surface area contributed by atoms with E-state index in [1.807, 2.05) is 0 Å². The summed E-state index contributed by atoms with van der Waals surface area (Å²) in [5.74, 6) is -1.23. The molecule has 0 radical (unpaired) electrons. The highest BCUT2D eigenvalue weighted by atomic mass is 16.4. The van der Waals surface area contributed by atoms with E-state index in [0.29, 0.717) is 12.8 Å². The van der Waals surface area contributed by atoms with Crippen molar-refractivity contribution in [3.05, 3.63) is 0 Å². The Labute approximate surface area is 88.8 Å². The van der Waals surface area contributed by atoms with Gasteiger partial charge in [-0.25, -0.2) is 4.79 Å². The number of carboxylic acid groups (broad SMARTS) is 1. The van der Waals surface area contributed by atoms with Crippen molar-refractivity contribution >= 4 is 5.97 Å². The predicted molar refractivity (Wildman–Crippen MR) is 53.3 cm³/mol. The monoisotopic (exact) mass is 224 g/mol. The molecule has 5 N–H and O–H groups in total. The molecule has 0 aromatic rings. The van der Waals surface area contributed by atoms with Crippen LogP contribution < -0.4 is 0 Å². The Bertz CT molecular complexity index is 144. The maximum atomic E-state index is 9.45. The third kappa shape index (κ3) is 13.3. The summed E-state index contributed by atoms with van der Waals surface area (Å²) in [5, 5.41) is 41.1. The summed E-state index contributed by atoms with van der Waals surface area (Å²) >= 11 is 0. The minimum Gasteiger partial charge on any atom is -0.479 e. The average Bonchev–Trinajstić information content (AvgIpc) is 2.20. The second-order valence-corrected chi connectivity index (χ2v) is 3.11. The van der Waals surface area contributed by atoms with Crippen LogP contribution in [0.15, 0.2) is 0 Å². The van der Waals surface area contributed by atoms with Crippen molar-refractivity contribution in [3.63, 3.8) is 0 Å². The van der Waals surface area contributed by atoms with Crippen LogP contribution in [-0.4, -0.2) is 57.4 Å². The first-order chi connectivity index (χ1) is 6.99. The fraction of sp³-hybridized carbons (Fsp3) is 0.889. The average molecular weight is 224 g/mol. The van der Waals surface area contributed by atoms with Gasteiger partial charge in [0, 0.05) is 25.7 Å². The first-order valence-corrected chi connectivity index (χ1v) is 4.73. The number of aliphatic carboxylic acids is 1. The van der Waals surface area contributed by atoms with Crippen LogP contribution in [0.2, 0.25) is 0 Å². The van der Waals surface area contributed by atoms with Crippen LogP contribution >= 0.6 is 0 Å². The molecule has 0 rings (SSSR count). The van der Waals surface area contributed by atoms with Gasteiger partial charge in [0.05, 0.1) is 0 Å². The van der Waals surface area contributed by atoms with Crippen molar-refractivity contribution in [2.24, 2.45) is 5.92 Å². The molecule has 0 saturated heterocycles. The van der Waals surface area contributed by atoms with Crippen LogP contribution in [0.3, 0.4) is 0 Å². The predicted octanol–water partition coefficient (Wildman–Crippen LogP) is -1.19. The van der Waals surface area contributed by atoms with Crippen molar-refractivity contribution in [1.29, 1.82) is 0 Å². The van der Waals surface area contributed by atoms with E-state index >= 15 is 0 Å². The van der Waals surface area contributed by atoms with Gasteiger partial charge in [-0.05, 0) is 19.8 Å². The molecular weight excluding hydrogens is 204 g/mol. The molecule has 92 valence electrons. The largest absolute Gasteiger partial charge is 0.479 e. The lowest BCUT2D eigenvalue weighted by Gasteiger charge is -2.07. The first-order valence-electron chi connectivity index (χ1n) is 4.73. The molecule has 6 nitrogen and oxygen atoms in total. The smallest absolute Gasteiger partial charge is 0.332 e. The molecule has 0 spiro atoms.